The molecule has 0 spiro atoms. The van der Waals surface area contributed by atoms with Gasteiger partial charge in [0.1, 0.15) is 6.54 Å². The summed E-state index contributed by atoms with van der Waals surface area (Å²) in [6.07, 6.45) is -6.26. The van der Waals surface area contributed by atoms with Crippen LogP contribution in [0.1, 0.15) is 0 Å². The van der Waals surface area contributed by atoms with Gasteiger partial charge in [-0.15, -0.1) is 0 Å². The molecule has 0 aromatic carbocycles. The van der Waals surface area contributed by atoms with E-state index in [1.54, 1.807) is 0 Å². The third-order valence-electron chi connectivity index (χ3n) is 1.01. The lowest BCUT2D eigenvalue weighted by Crippen LogP contribution is -2.39. The van der Waals surface area contributed by atoms with Crippen LogP contribution in [0.5, 0.6) is 0 Å². The van der Waals surface area contributed by atoms with Gasteiger partial charge >= 0.3 is 12.3 Å². The lowest BCUT2D eigenvalue weighted by Gasteiger charge is -2.19. The van der Waals surface area contributed by atoms with Crippen LogP contribution in [0.15, 0.2) is 0 Å². The van der Waals surface area contributed by atoms with E-state index in [2.05, 4.69) is 0 Å². The molecule has 0 rings (SSSR count). The Kier molecular flexibility index (Phi) is 3.81. The summed E-state index contributed by atoms with van der Waals surface area (Å²) < 4.78 is 34.8. The number of hydrogen-bond donors (Lipinski definition) is 2. The van der Waals surface area contributed by atoms with E-state index in [1.165, 1.54) is 0 Å². The second-order valence-electron chi connectivity index (χ2n) is 2.04. The number of amides is 1. The zero-order valence-electron chi connectivity index (χ0n) is 6.01. The highest BCUT2D eigenvalue weighted by Gasteiger charge is 2.32. The van der Waals surface area contributed by atoms with Crippen LogP contribution in [-0.2, 0) is 0 Å². The standard InChI is InChI=1S/C5H8F3NO3/c6-5(7,8)3-9(1-2-10)4(11)12/h10H,1-3H2,(H,11,12). The van der Waals surface area contributed by atoms with Crippen LogP contribution >= 0.6 is 0 Å². The number of aliphatic hydroxyl groups is 1. The van der Waals surface area contributed by atoms with E-state index >= 15 is 0 Å². The Bertz CT molecular complexity index is 159. The summed E-state index contributed by atoms with van der Waals surface area (Å²) in [6.45, 7) is -2.71. The Hall–Kier alpha value is -0.980. The summed E-state index contributed by atoms with van der Waals surface area (Å²) in [5.41, 5.74) is 0. The second kappa shape index (κ2) is 4.15. The molecule has 4 nitrogen and oxygen atoms in total. The number of carboxylic acid groups (broad SMARTS) is 1. The fourth-order valence-electron chi connectivity index (χ4n) is 0.579. The molecule has 0 bridgehead atoms. The van der Waals surface area contributed by atoms with E-state index in [-0.39, 0.29) is 4.90 Å². The molecule has 1 amide bonds. The van der Waals surface area contributed by atoms with E-state index in [0.717, 1.165) is 0 Å². The number of carbonyl (C=O) groups is 1. The number of nitrogens with zero attached hydrogens (tertiary/aromatic N) is 1. The van der Waals surface area contributed by atoms with Crippen molar-refractivity contribution in [2.75, 3.05) is 19.7 Å². The smallest absolute Gasteiger partial charge is 0.407 e. The molecule has 0 aromatic rings. The van der Waals surface area contributed by atoms with Gasteiger partial charge in [-0.1, -0.05) is 0 Å². The van der Waals surface area contributed by atoms with Gasteiger partial charge in [0.05, 0.1) is 6.61 Å². The molecule has 0 fully saturated rings. The topological polar surface area (TPSA) is 60.8 Å². The molecular formula is C5H8F3NO3. The molecule has 0 radical (unpaired) electrons. The third kappa shape index (κ3) is 4.78. The van der Waals surface area contributed by atoms with Crippen molar-refractivity contribution in [1.82, 2.24) is 4.90 Å². The second-order valence-corrected chi connectivity index (χ2v) is 2.04. The number of aliphatic hydroxyl groups excluding tert-OH is 1. The molecule has 72 valence electrons. The van der Waals surface area contributed by atoms with Crippen LogP contribution in [0.25, 0.3) is 0 Å². The Morgan fingerprint density at radius 2 is 1.92 bits per heavy atom. The molecule has 7 heteroatoms. The fraction of sp³-hybridized carbons (Fsp3) is 0.800. The number of rotatable bonds is 3. The molecule has 0 atom stereocenters. The van der Waals surface area contributed by atoms with Crippen molar-refractivity contribution in [1.29, 1.82) is 0 Å². The Morgan fingerprint density at radius 3 is 2.17 bits per heavy atom. The van der Waals surface area contributed by atoms with Crippen LogP contribution in [0.3, 0.4) is 0 Å². The number of alkyl halides is 3. The maximum Gasteiger partial charge on any atom is 0.407 e. The minimum absolute atomic E-state index is 0.0972. The molecule has 0 aliphatic carbocycles. The van der Waals surface area contributed by atoms with E-state index in [4.69, 9.17) is 10.2 Å². The molecule has 2 N–H and O–H groups in total. The highest BCUT2D eigenvalue weighted by atomic mass is 19.4. The molecule has 12 heavy (non-hydrogen) atoms. The van der Waals surface area contributed by atoms with Crippen molar-refractivity contribution in [3.8, 4) is 0 Å². The summed E-state index contributed by atoms with van der Waals surface area (Å²) in [6, 6.07) is 0. The first-order chi connectivity index (χ1) is 5.37. The first kappa shape index (κ1) is 11.0. The van der Waals surface area contributed by atoms with Crippen molar-refractivity contribution in [3.63, 3.8) is 0 Å². The van der Waals surface area contributed by atoms with Crippen molar-refractivity contribution < 1.29 is 28.2 Å². The Balaban J connectivity index is 4.05. The Morgan fingerprint density at radius 1 is 1.42 bits per heavy atom. The molecule has 0 aromatic heterocycles. The van der Waals surface area contributed by atoms with Gasteiger partial charge in [0.2, 0.25) is 0 Å². The summed E-state index contributed by atoms with van der Waals surface area (Å²) in [5.74, 6) is 0. The van der Waals surface area contributed by atoms with Crippen LogP contribution < -0.4 is 0 Å². The first-order valence-electron chi connectivity index (χ1n) is 3.02. The molecular weight excluding hydrogens is 179 g/mol. The molecule has 0 saturated carbocycles. The summed E-state index contributed by atoms with van der Waals surface area (Å²) in [4.78, 5) is 10.2. The first-order valence-corrected chi connectivity index (χ1v) is 3.02. The van der Waals surface area contributed by atoms with Crippen molar-refractivity contribution in [3.05, 3.63) is 0 Å². The molecule has 0 aliphatic heterocycles. The number of halogens is 3. The third-order valence-corrected chi connectivity index (χ3v) is 1.01. The lowest BCUT2D eigenvalue weighted by atomic mass is 10.5. The van der Waals surface area contributed by atoms with E-state index in [1.807, 2.05) is 0 Å². The largest absolute Gasteiger partial charge is 0.465 e. The van der Waals surface area contributed by atoms with Crippen molar-refractivity contribution in [2.24, 2.45) is 0 Å². The summed E-state index contributed by atoms with van der Waals surface area (Å²) in [7, 11) is 0. The van der Waals surface area contributed by atoms with Crippen molar-refractivity contribution in [2.45, 2.75) is 6.18 Å². The maximum atomic E-state index is 11.6. The van der Waals surface area contributed by atoms with Crippen LogP contribution in [0.4, 0.5) is 18.0 Å². The van der Waals surface area contributed by atoms with Gasteiger partial charge in [0.25, 0.3) is 0 Å². The van der Waals surface area contributed by atoms with Gasteiger partial charge in [-0.05, 0) is 0 Å². The van der Waals surface area contributed by atoms with Gasteiger partial charge in [-0.3, -0.25) is 4.90 Å². The lowest BCUT2D eigenvalue weighted by molar-refractivity contribution is -0.142. The predicted molar refractivity (Wildman–Crippen MR) is 32.7 cm³/mol. The molecule has 0 saturated heterocycles. The summed E-state index contributed by atoms with van der Waals surface area (Å²) in [5, 5.41) is 16.4. The summed E-state index contributed by atoms with van der Waals surface area (Å²) >= 11 is 0. The molecule has 0 unspecified atom stereocenters. The zero-order chi connectivity index (χ0) is 9.78. The van der Waals surface area contributed by atoms with Gasteiger partial charge in [0.15, 0.2) is 0 Å². The van der Waals surface area contributed by atoms with Crippen LogP contribution in [-0.4, -0.2) is 47.1 Å². The van der Waals surface area contributed by atoms with E-state index < -0.39 is 32.0 Å². The molecule has 0 heterocycles. The highest BCUT2D eigenvalue weighted by Crippen LogP contribution is 2.16. The van der Waals surface area contributed by atoms with Gasteiger partial charge < -0.3 is 10.2 Å². The molecule has 0 aliphatic rings. The van der Waals surface area contributed by atoms with Gasteiger partial charge in [-0.2, -0.15) is 13.2 Å². The highest BCUT2D eigenvalue weighted by molar-refractivity contribution is 5.64. The van der Waals surface area contributed by atoms with Crippen LogP contribution in [0, 0.1) is 0 Å². The van der Waals surface area contributed by atoms with Gasteiger partial charge in [0, 0.05) is 6.54 Å². The quantitative estimate of drug-likeness (QED) is 0.677. The average Bonchev–Trinajstić information content (AvgIpc) is 1.83. The normalized spacial score (nSPS) is 11.3. The maximum absolute atomic E-state index is 11.6. The Labute approximate surface area is 66.2 Å². The SMILES string of the molecule is O=C(O)N(CCO)CC(F)(F)F. The fourth-order valence-corrected chi connectivity index (χ4v) is 0.579. The predicted octanol–water partition coefficient (Wildman–Crippen LogP) is 0.521. The van der Waals surface area contributed by atoms with E-state index in [9.17, 15) is 18.0 Å². The minimum atomic E-state index is -4.56. The van der Waals surface area contributed by atoms with E-state index in [0.29, 0.717) is 0 Å². The van der Waals surface area contributed by atoms with Gasteiger partial charge in [-0.25, -0.2) is 4.79 Å². The average molecular weight is 187 g/mol. The number of hydrogen-bond acceptors (Lipinski definition) is 2. The minimum Gasteiger partial charge on any atom is -0.465 e. The monoisotopic (exact) mass is 187 g/mol. The van der Waals surface area contributed by atoms with Crippen molar-refractivity contribution >= 4 is 6.09 Å². The van der Waals surface area contributed by atoms with Crippen LogP contribution in [0.2, 0.25) is 0 Å². The zero-order valence-corrected chi connectivity index (χ0v) is 6.01.